The molecule has 0 aliphatic rings. The van der Waals surface area contributed by atoms with Gasteiger partial charge in [-0.1, -0.05) is 13.3 Å². The van der Waals surface area contributed by atoms with Gasteiger partial charge in [0.2, 0.25) is 0 Å². The van der Waals surface area contributed by atoms with E-state index in [1.165, 1.54) is 12.8 Å². The third kappa shape index (κ3) is 3.06. The minimum absolute atomic E-state index is 0.856. The van der Waals surface area contributed by atoms with Crippen molar-refractivity contribution in [3.63, 3.8) is 0 Å². The smallest absolute Gasteiger partial charge is 0.139 e. The van der Waals surface area contributed by atoms with E-state index in [2.05, 4.69) is 24.4 Å². The molecule has 0 atom stereocenters. The topological polar surface area (TPSA) is 38.6 Å². The molecule has 0 spiro atoms. The zero-order valence-electron chi connectivity index (χ0n) is 13.0. The monoisotopic (exact) mass is 295 g/mol. The number of unbranched alkanes of at least 4 members (excludes halogenated alkanes) is 1. The molecule has 2 aromatic heterocycles. The molecule has 1 N–H and O–H groups in total. The number of nitrogens with one attached hydrogen (secondary N) is 1. The first-order valence-corrected chi connectivity index (χ1v) is 7.67. The number of hydrogen-bond acceptors (Lipinski definition) is 3. The Balaban J connectivity index is 1.85. The van der Waals surface area contributed by atoms with Gasteiger partial charge in [-0.05, 0) is 36.8 Å². The van der Waals surface area contributed by atoms with Gasteiger partial charge in [0.1, 0.15) is 11.4 Å². The summed E-state index contributed by atoms with van der Waals surface area (Å²) in [6, 6.07) is 12.1. The van der Waals surface area contributed by atoms with Gasteiger partial charge < -0.3 is 14.5 Å². The van der Waals surface area contributed by atoms with Crippen molar-refractivity contribution in [2.45, 2.75) is 19.8 Å². The predicted octanol–water partition coefficient (Wildman–Crippen LogP) is 4.22. The minimum atomic E-state index is 0.856. The summed E-state index contributed by atoms with van der Waals surface area (Å²) in [5, 5.41) is 3.43. The standard InChI is InChI=1S/C18H21N3O/c1-3-4-10-19-15-9-11-21-13-17(20-18(21)12-15)14-5-7-16(22-2)8-6-14/h5-9,11-13,19H,3-4,10H2,1-2H3. The summed E-state index contributed by atoms with van der Waals surface area (Å²) in [5.41, 5.74) is 4.12. The van der Waals surface area contributed by atoms with Crippen molar-refractivity contribution in [1.29, 1.82) is 0 Å². The van der Waals surface area contributed by atoms with Crippen molar-refractivity contribution in [2.24, 2.45) is 0 Å². The lowest BCUT2D eigenvalue weighted by atomic mass is 10.2. The van der Waals surface area contributed by atoms with Gasteiger partial charge in [0.05, 0.1) is 12.8 Å². The SMILES string of the molecule is CCCCNc1ccn2cc(-c3ccc(OC)cc3)nc2c1. The second-order valence-corrected chi connectivity index (χ2v) is 5.32. The number of aromatic nitrogens is 2. The molecule has 4 heteroatoms. The fraction of sp³-hybridized carbons (Fsp3) is 0.278. The van der Waals surface area contributed by atoms with Gasteiger partial charge in [0.25, 0.3) is 0 Å². The first-order chi connectivity index (χ1) is 10.8. The zero-order valence-corrected chi connectivity index (χ0v) is 13.0. The predicted molar refractivity (Wildman–Crippen MR) is 90.6 cm³/mol. The van der Waals surface area contributed by atoms with Crippen LogP contribution in [-0.2, 0) is 0 Å². The second kappa shape index (κ2) is 6.52. The van der Waals surface area contributed by atoms with E-state index in [4.69, 9.17) is 9.72 Å². The van der Waals surface area contributed by atoms with Gasteiger partial charge in [-0.3, -0.25) is 0 Å². The normalized spacial score (nSPS) is 10.8. The minimum Gasteiger partial charge on any atom is -0.497 e. The van der Waals surface area contributed by atoms with Crippen LogP contribution in [0.4, 0.5) is 5.69 Å². The summed E-state index contributed by atoms with van der Waals surface area (Å²) in [7, 11) is 1.67. The summed E-state index contributed by atoms with van der Waals surface area (Å²) in [6.07, 6.45) is 6.47. The Kier molecular flexibility index (Phi) is 4.28. The summed E-state index contributed by atoms with van der Waals surface area (Å²) < 4.78 is 7.24. The van der Waals surface area contributed by atoms with Crippen LogP contribution in [-0.4, -0.2) is 23.0 Å². The highest BCUT2D eigenvalue weighted by Crippen LogP contribution is 2.23. The van der Waals surface area contributed by atoms with E-state index in [0.29, 0.717) is 0 Å². The van der Waals surface area contributed by atoms with Crippen molar-refractivity contribution in [1.82, 2.24) is 9.38 Å². The lowest BCUT2D eigenvalue weighted by Gasteiger charge is -2.05. The van der Waals surface area contributed by atoms with Crippen LogP contribution >= 0.6 is 0 Å². The molecular formula is C18H21N3O. The molecule has 0 aliphatic carbocycles. The van der Waals surface area contributed by atoms with Gasteiger partial charge in [-0.25, -0.2) is 4.98 Å². The number of ether oxygens (including phenoxy) is 1. The molecule has 114 valence electrons. The van der Waals surface area contributed by atoms with Crippen LogP contribution in [0, 0.1) is 0 Å². The molecule has 0 radical (unpaired) electrons. The maximum absolute atomic E-state index is 5.19. The van der Waals surface area contributed by atoms with Crippen LogP contribution in [0.25, 0.3) is 16.9 Å². The number of rotatable bonds is 6. The summed E-state index contributed by atoms with van der Waals surface area (Å²) >= 11 is 0. The van der Waals surface area contributed by atoms with E-state index < -0.39 is 0 Å². The van der Waals surface area contributed by atoms with Gasteiger partial charge in [-0.15, -0.1) is 0 Å². The van der Waals surface area contributed by atoms with E-state index in [0.717, 1.165) is 34.9 Å². The lowest BCUT2D eigenvalue weighted by molar-refractivity contribution is 0.415. The van der Waals surface area contributed by atoms with E-state index in [9.17, 15) is 0 Å². The van der Waals surface area contributed by atoms with Crippen LogP contribution in [0.2, 0.25) is 0 Å². The van der Waals surface area contributed by atoms with Crippen molar-refractivity contribution >= 4 is 11.3 Å². The average molecular weight is 295 g/mol. The van der Waals surface area contributed by atoms with Gasteiger partial charge in [-0.2, -0.15) is 0 Å². The van der Waals surface area contributed by atoms with Crippen LogP contribution in [0.1, 0.15) is 19.8 Å². The number of pyridine rings is 1. The molecule has 3 aromatic rings. The molecular weight excluding hydrogens is 274 g/mol. The lowest BCUT2D eigenvalue weighted by Crippen LogP contribution is -2.01. The Hall–Kier alpha value is -2.49. The summed E-state index contributed by atoms with van der Waals surface area (Å²) in [5.74, 6) is 0.856. The number of anilines is 1. The molecule has 22 heavy (non-hydrogen) atoms. The van der Waals surface area contributed by atoms with Gasteiger partial charge >= 0.3 is 0 Å². The number of imidazole rings is 1. The van der Waals surface area contributed by atoms with E-state index in [-0.39, 0.29) is 0 Å². The van der Waals surface area contributed by atoms with Crippen LogP contribution in [0.5, 0.6) is 5.75 Å². The third-order valence-corrected chi connectivity index (χ3v) is 3.71. The molecule has 0 unspecified atom stereocenters. The maximum atomic E-state index is 5.19. The van der Waals surface area contributed by atoms with Crippen LogP contribution in [0.3, 0.4) is 0 Å². The third-order valence-electron chi connectivity index (χ3n) is 3.71. The summed E-state index contributed by atoms with van der Waals surface area (Å²) in [4.78, 5) is 4.71. The van der Waals surface area contributed by atoms with E-state index in [1.807, 2.05) is 41.1 Å². The van der Waals surface area contributed by atoms with Crippen molar-refractivity contribution in [2.75, 3.05) is 19.0 Å². The average Bonchev–Trinajstić information content (AvgIpc) is 2.98. The van der Waals surface area contributed by atoms with Crippen molar-refractivity contribution < 1.29 is 4.74 Å². The molecule has 0 aliphatic heterocycles. The Morgan fingerprint density at radius 3 is 2.73 bits per heavy atom. The van der Waals surface area contributed by atoms with Crippen LogP contribution in [0.15, 0.2) is 48.8 Å². The van der Waals surface area contributed by atoms with Crippen molar-refractivity contribution in [3.05, 3.63) is 48.8 Å². The zero-order chi connectivity index (χ0) is 15.4. The number of benzene rings is 1. The molecule has 2 heterocycles. The fourth-order valence-corrected chi connectivity index (χ4v) is 2.40. The highest BCUT2D eigenvalue weighted by Gasteiger charge is 2.05. The largest absolute Gasteiger partial charge is 0.497 e. The summed E-state index contributed by atoms with van der Waals surface area (Å²) in [6.45, 7) is 3.19. The Bertz CT molecular complexity index is 747. The molecule has 0 amide bonds. The van der Waals surface area contributed by atoms with Crippen molar-refractivity contribution in [3.8, 4) is 17.0 Å². The number of methoxy groups -OCH3 is 1. The van der Waals surface area contributed by atoms with E-state index >= 15 is 0 Å². The highest BCUT2D eigenvalue weighted by atomic mass is 16.5. The molecule has 0 saturated heterocycles. The Labute approximate surface area is 130 Å². The Morgan fingerprint density at radius 2 is 2.00 bits per heavy atom. The molecule has 0 bridgehead atoms. The molecule has 3 rings (SSSR count). The highest BCUT2D eigenvalue weighted by molar-refractivity contribution is 5.65. The van der Waals surface area contributed by atoms with Gasteiger partial charge in [0.15, 0.2) is 0 Å². The number of nitrogens with zero attached hydrogens (tertiary/aromatic N) is 2. The molecule has 0 fully saturated rings. The first-order valence-electron chi connectivity index (χ1n) is 7.67. The fourth-order valence-electron chi connectivity index (χ4n) is 2.40. The second-order valence-electron chi connectivity index (χ2n) is 5.32. The molecule has 4 nitrogen and oxygen atoms in total. The number of fused-ring (bicyclic) bond motifs is 1. The molecule has 1 aromatic carbocycles. The van der Waals surface area contributed by atoms with E-state index in [1.54, 1.807) is 7.11 Å². The first kappa shape index (κ1) is 14.4. The van der Waals surface area contributed by atoms with Gasteiger partial charge in [0, 0.05) is 36.3 Å². The molecule has 0 saturated carbocycles. The Morgan fingerprint density at radius 1 is 1.18 bits per heavy atom. The number of hydrogen-bond donors (Lipinski definition) is 1. The quantitative estimate of drug-likeness (QED) is 0.692. The maximum Gasteiger partial charge on any atom is 0.139 e. The van der Waals surface area contributed by atoms with Crippen LogP contribution < -0.4 is 10.1 Å².